The van der Waals surface area contributed by atoms with E-state index in [0.29, 0.717) is 27.4 Å². The average Bonchev–Trinajstić information content (AvgIpc) is 2.97. The second-order valence-electron chi connectivity index (χ2n) is 43.6. The van der Waals surface area contributed by atoms with Gasteiger partial charge in [-0.1, -0.05) is 268 Å². The normalized spacial score (nSPS) is 15.8. The summed E-state index contributed by atoms with van der Waals surface area (Å²) in [6, 6.07) is 7.90. The Morgan fingerprint density at radius 1 is 0.190 bits per heavy atom. The lowest BCUT2D eigenvalue weighted by atomic mass is 9.57. The van der Waals surface area contributed by atoms with Crippen LogP contribution in [0, 0.1) is 92.1 Å². The fraction of sp³-hybridized carbons (Fsp3) is 0.923. The molecule has 0 spiro atoms. The second kappa shape index (κ2) is 24.8. The first-order valence-corrected chi connectivity index (χ1v) is 32.8. The van der Waals surface area contributed by atoms with Crippen molar-refractivity contribution in [1.82, 2.24) is 0 Å². The fourth-order valence-corrected chi connectivity index (χ4v) is 24.1. The summed E-state index contributed by atoms with van der Waals surface area (Å²) in [4.78, 5) is 0. The third-order valence-electron chi connectivity index (χ3n) is 17.9. The summed E-state index contributed by atoms with van der Waals surface area (Å²) in [5.74, 6) is 0.345. The molecule has 1 aromatic rings. The molecule has 1 heteroatoms. The van der Waals surface area contributed by atoms with Gasteiger partial charge in [0.15, 0.2) is 0 Å². The molecule has 1 rings (SSSR count). The largest absolute Gasteiger partial charge is 0.508 e. The topological polar surface area (TPSA) is 20.2 Å². The molecule has 0 heterocycles. The van der Waals surface area contributed by atoms with Crippen LogP contribution in [0.1, 0.15) is 371 Å². The molecule has 0 fully saturated rings. The van der Waals surface area contributed by atoms with Gasteiger partial charge in [-0.05, 0) is 224 Å². The van der Waals surface area contributed by atoms with Crippen molar-refractivity contribution in [3.63, 3.8) is 0 Å². The molecule has 0 unspecified atom stereocenters. The third kappa shape index (κ3) is 31.7. The van der Waals surface area contributed by atoms with Gasteiger partial charge in [-0.25, -0.2) is 0 Å². The highest BCUT2D eigenvalue weighted by atomic mass is 16.3. The molecule has 1 aromatic carbocycles. The van der Waals surface area contributed by atoms with Crippen molar-refractivity contribution in [2.24, 2.45) is 92.1 Å². The molecule has 0 aromatic heterocycles. The summed E-state index contributed by atoms with van der Waals surface area (Å²) in [6.45, 7) is 94.1. The highest BCUT2D eigenvalue weighted by molar-refractivity contribution is 5.31. The van der Waals surface area contributed by atoms with Gasteiger partial charge in [-0.3, -0.25) is 0 Å². The summed E-state index contributed by atoms with van der Waals surface area (Å²) in [6.07, 6.45) is 21.2. The predicted molar refractivity (Wildman–Crippen MR) is 360 cm³/mol. The minimum Gasteiger partial charge on any atom is -0.508 e. The standard InChI is InChI=1S/C78H150O/c1-61(2,3)42-62(4,5)43-63(6,7)44-64(8,9)45-65(10,11)46-66(12,13)47-67(14,15)48-68(16,17)49-69(18,19)50-70(20,21)51-71(22,23)52-72(24,25)53-73(26,27)54-74(28,29)55-75(30,31)56-76(32,33)57-77(34,35)58-78(36,37)59-38-40-60(79)41-39-59/h38-41,79H,42-58H2,1-37H3. The van der Waals surface area contributed by atoms with Crippen molar-refractivity contribution in [1.29, 1.82) is 0 Å². The molecule has 0 radical (unpaired) electrons. The summed E-state index contributed by atoms with van der Waals surface area (Å²) in [5, 5.41) is 9.94. The SMILES string of the molecule is CC(C)(C)CC(C)(C)CC(C)(C)CC(C)(C)CC(C)(C)CC(C)(C)CC(C)(C)CC(C)(C)CC(C)(C)CC(C)(C)CC(C)(C)CC(C)(C)CC(C)(C)CC(C)(C)CC(C)(C)CC(C)(C)CC(C)(C)CC(C)(C)c1ccc(O)cc1. The first kappa shape index (κ1) is 76.0. The van der Waals surface area contributed by atoms with E-state index in [0.717, 1.165) is 6.42 Å². The summed E-state index contributed by atoms with van der Waals surface area (Å²) >= 11 is 0. The molecule has 0 saturated heterocycles. The smallest absolute Gasteiger partial charge is 0.115 e. The van der Waals surface area contributed by atoms with Crippen LogP contribution in [0.25, 0.3) is 0 Å². The maximum absolute atomic E-state index is 9.94. The molecular formula is C78H150O. The van der Waals surface area contributed by atoms with E-state index < -0.39 is 0 Å². The molecule has 468 valence electrons. The lowest BCUT2D eigenvalue weighted by Crippen LogP contribution is -2.37. The van der Waals surface area contributed by atoms with Gasteiger partial charge in [0, 0.05) is 0 Å². The zero-order valence-corrected chi connectivity index (χ0v) is 61.8. The van der Waals surface area contributed by atoms with Gasteiger partial charge >= 0.3 is 0 Å². The quantitative estimate of drug-likeness (QED) is 0.0729. The van der Waals surface area contributed by atoms with E-state index in [4.69, 9.17) is 0 Å². The van der Waals surface area contributed by atoms with E-state index in [1.807, 2.05) is 12.1 Å². The van der Waals surface area contributed by atoms with Crippen LogP contribution in [-0.4, -0.2) is 5.11 Å². The van der Waals surface area contributed by atoms with E-state index in [-0.39, 0.29) is 75.8 Å². The molecule has 0 amide bonds. The molecule has 0 saturated carbocycles. The molecule has 1 nitrogen and oxygen atoms in total. The first-order chi connectivity index (χ1) is 34.0. The maximum Gasteiger partial charge on any atom is 0.115 e. The van der Waals surface area contributed by atoms with Crippen LogP contribution in [0.15, 0.2) is 24.3 Å². The Morgan fingerprint density at radius 3 is 0.456 bits per heavy atom. The fourth-order valence-electron chi connectivity index (χ4n) is 24.1. The van der Waals surface area contributed by atoms with Gasteiger partial charge in [-0.2, -0.15) is 0 Å². The molecule has 0 bridgehead atoms. The van der Waals surface area contributed by atoms with Gasteiger partial charge in [0.05, 0.1) is 0 Å². The molecule has 0 aliphatic rings. The molecular weight excluding hydrogens is 953 g/mol. The van der Waals surface area contributed by atoms with Crippen LogP contribution in [0.5, 0.6) is 5.75 Å². The monoisotopic (exact) mass is 1100 g/mol. The lowest BCUT2D eigenvalue weighted by molar-refractivity contribution is 0.0283. The number of phenols is 1. The molecule has 1 N–H and O–H groups in total. The number of benzene rings is 1. The minimum absolute atomic E-state index is 0.0404. The molecule has 79 heavy (non-hydrogen) atoms. The number of hydrogen-bond acceptors (Lipinski definition) is 1. The van der Waals surface area contributed by atoms with E-state index in [1.165, 1.54) is 108 Å². The van der Waals surface area contributed by atoms with Crippen molar-refractivity contribution in [2.45, 2.75) is 371 Å². The Labute approximate surface area is 501 Å². The van der Waals surface area contributed by atoms with Gasteiger partial charge < -0.3 is 5.11 Å². The molecule has 0 aliphatic heterocycles. The van der Waals surface area contributed by atoms with E-state index in [9.17, 15) is 5.11 Å². The summed E-state index contributed by atoms with van der Waals surface area (Å²) in [5.41, 5.74) is 5.89. The Morgan fingerprint density at radius 2 is 0.316 bits per heavy atom. The van der Waals surface area contributed by atoms with Crippen LogP contribution in [-0.2, 0) is 5.41 Å². The van der Waals surface area contributed by atoms with Gasteiger partial charge in [-0.15, -0.1) is 0 Å². The minimum atomic E-state index is 0.0404. The number of hydrogen-bond donors (Lipinski definition) is 1. The van der Waals surface area contributed by atoms with Crippen LogP contribution in [0.3, 0.4) is 0 Å². The zero-order chi connectivity index (χ0) is 63.0. The first-order valence-electron chi connectivity index (χ1n) is 32.8. The van der Waals surface area contributed by atoms with Crippen LogP contribution in [0.4, 0.5) is 0 Å². The third-order valence-corrected chi connectivity index (χ3v) is 17.9. The van der Waals surface area contributed by atoms with E-state index in [2.05, 4.69) is 268 Å². The Hall–Kier alpha value is -0.980. The van der Waals surface area contributed by atoms with Crippen molar-refractivity contribution in [3.8, 4) is 5.75 Å². The number of aromatic hydroxyl groups is 1. The van der Waals surface area contributed by atoms with Crippen molar-refractivity contribution in [2.75, 3.05) is 0 Å². The highest BCUT2D eigenvalue weighted by Gasteiger charge is 2.46. The van der Waals surface area contributed by atoms with Gasteiger partial charge in [0.1, 0.15) is 5.75 Å². The van der Waals surface area contributed by atoms with Gasteiger partial charge in [0.25, 0.3) is 0 Å². The summed E-state index contributed by atoms with van der Waals surface area (Å²) in [7, 11) is 0. The van der Waals surface area contributed by atoms with E-state index in [1.54, 1.807) is 0 Å². The second-order valence-corrected chi connectivity index (χ2v) is 43.6. The van der Waals surface area contributed by atoms with Crippen LogP contribution in [0.2, 0.25) is 0 Å². The van der Waals surface area contributed by atoms with E-state index >= 15 is 0 Å². The van der Waals surface area contributed by atoms with Crippen LogP contribution < -0.4 is 0 Å². The molecule has 0 atom stereocenters. The summed E-state index contributed by atoms with van der Waals surface area (Å²) < 4.78 is 0. The Bertz CT molecular complexity index is 2010. The number of phenolic OH excluding ortho intramolecular Hbond substituents is 1. The Balaban J connectivity index is 2.99. The van der Waals surface area contributed by atoms with Crippen molar-refractivity contribution in [3.05, 3.63) is 29.8 Å². The predicted octanol–water partition coefficient (Wildman–Crippen LogP) is 26.8. The highest BCUT2D eigenvalue weighted by Crippen LogP contribution is 2.57. The lowest BCUT2D eigenvalue weighted by Gasteiger charge is -2.48. The Kier molecular flexibility index (Phi) is 23.9. The van der Waals surface area contributed by atoms with Crippen LogP contribution >= 0.6 is 0 Å². The average molecular weight is 1100 g/mol. The van der Waals surface area contributed by atoms with Gasteiger partial charge in [0.2, 0.25) is 0 Å². The number of rotatable bonds is 34. The maximum atomic E-state index is 9.94. The van der Waals surface area contributed by atoms with Crippen molar-refractivity contribution >= 4 is 0 Å². The van der Waals surface area contributed by atoms with Crippen molar-refractivity contribution < 1.29 is 5.11 Å². The molecule has 0 aliphatic carbocycles. The zero-order valence-electron chi connectivity index (χ0n) is 61.8.